The van der Waals surface area contributed by atoms with Crippen LogP contribution in [-0.4, -0.2) is 28.8 Å². The van der Waals surface area contributed by atoms with E-state index < -0.39 is 0 Å². The van der Waals surface area contributed by atoms with Crippen LogP contribution in [0.1, 0.15) is 23.2 Å². The van der Waals surface area contributed by atoms with Gasteiger partial charge in [-0.25, -0.2) is 4.98 Å². The van der Waals surface area contributed by atoms with Crippen molar-refractivity contribution in [3.8, 4) is 0 Å². The Morgan fingerprint density at radius 2 is 2.18 bits per heavy atom. The quantitative estimate of drug-likeness (QED) is 0.643. The first-order valence-electron chi connectivity index (χ1n) is 5.24. The van der Waals surface area contributed by atoms with Crippen LogP contribution >= 0.6 is 0 Å². The van der Waals surface area contributed by atoms with Gasteiger partial charge < -0.3 is 9.72 Å². The number of nitrogens with one attached hydrogen (secondary N) is 1. The van der Waals surface area contributed by atoms with Crippen LogP contribution in [0.2, 0.25) is 0 Å². The van der Waals surface area contributed by atoms with Gasteiger partial charge in [-0.05, 0) is 18.2 Å². The number of nitrogens with zero attached hydrogens (tertiary/aromatic N) is 1. The van der Waals surface area contributed by atoms with Gasteiger partial charge in [0.15, 0.2) is 5.78 Å². The third kappa shape index (κ3) is 2.50. The fourth-order valence-electron chi connectivity index (χ4n) is 1.57. The lowest BCUT2D eigenvalue weighted by atomic mass is 10.1. The molecule has 17 heavy (non-hydrogen) atoms. The minimum atomic E-state index is -0.374. The van der Waals surface area contributed by atoms with E-state index in [2.05, 4.69) is 14.7 Å². The van der Waals surface area contributed by atoms with E-state index in [-0.39, 0.29) is 24.6 Å². The fourth-order valence-corrected chi connectivity index (χ4v) is 1.57. The standard InChI is InChI=1S/C12H12N2O3/c1-17-12(16)5-4-11(15)8-2-3-9-10(6-8)14-7-13-9/h2-3,6-7H,4-5H2,1H3,(H,13,14). The molecule has 0 saturated carbocycles. The topological polar surface area (TPSA) is 72.1 Å². The van der Waals surface area contributed by atoms with Crippen LogP contribution in [0.15, 0.2) is 24.5 Å². The number of imidazole rings is 1. The Hall–Kier alpha value is -2.17. The summed E-state index contributed by atoms with van der Waals surface area (Å²) in [4.78, 5) is 29.7. The number of aromatic nitrogens is 2. The lowest BCUT2D eigenvalue weighted by molar-refractivity contribution is -0.140. The number of H-pyrrole nitrogens is 1. The third-order valence-corrected chi connectivity index (χ3v) is 2.53. The van der Waals surface area contributed by atoms with Crippen molar-refractivity contribution in [2.24, 2.45) is 0 Å². The minimum Gasteiger partial charge on any atom is -0.469 e. The van der Waals surface area contributed by atoms with Gasteiger partial charge in [-0.2, -0.15) is 0 Å². The van der Waals surface area contributed by atoms with Gasteiger partial charge in [0.2, 0.25) is 0 Å². The van der Waals surface area contributed by atoms with E-state index in [0.29, 0.717) is 5.56 Å². The van der Waals surface area contributed by atoms with Crippen LogP contribution in [-0.2, 0) is 9.53 Å². The van der Waals surface area contributed by atoms with Crippen molar-refractivity contribution in [3.63, 3.8) is 0 Å². The molecule has 1 N–H and O–H groups in total. The molecule has 2 rings (SSSR count). The van der Waals surface area contributed by atoms with Crippen LogP contribution in [0.4, 0.5) is 0 Å². The summed E-state index contributed by atoms with van der Waals surface area (Å²) in [7, 11) is 1.31. The highest BCUT2D eigenvalue weighted by Gasteiger charge is 2.10. The summed E-state index contributed by atoms with van der Waals surface area (Å²) in [6, 6.07) is 5.22. The van der Waals surface area contributed by atoms with E-state index in [1.165, 1.54) is 7.11 Å². The third-order valence-electron chi connectivity index (χ3n) is 2.53. The molecule has 0 aliphatic rings. The van der Waals surface area contributed by atoms with Crippen molar-refractivity contribution < 1.29 is 14.3 Å². The second-order valence-corrected chi connectivity index (χ2v) is 3.63. The highest BCUT2D eigenvalue weighted by Crippen LogP contribution is 2.13. The van der Waals surface area contributed by atoms with Gasteiger partial charge in [0.1, 0.15) is 0 Å². The number of benzene rings is 1. The lowest BCUT2D eigenvalue weighted by Gasteiger charge is -2.00. The largest absolute Gasteiger partial charge is 0.469 e. The smallest absolute Gasteiger partial charge is 0.305 e. The molecule has 5 nitrogen and oxygen atoms in total. The molecule has 0 bridgehead atoms. The molecule has 0 fully saturated rings. The van der Waals surface area contributed by atoms with E-state index in [1.54, 1.807) is 24.5 Å². The van der Waals surface area contributed by atoms with Crippen LogP contribution < -0.4 is 0 Å². The summed E-state index contributed by atoms with van der Waals surface area (Å²) in [6.07, 6.45) is 1.84. The first kappa shape index (κ1) is 11.3. The number of ketones is 1. The Morgan fingerprint density at radius 1 is 1.35 bits per heavy atom. The zero-order valence-corrected chi connectivity index (χ0v) is 9.40. The molecule has 0 radical (unpaired) electrons. The van der Waals surface area contributed by atoms with Crippen LogP contribution in [0.3, 0.4) is 0 Å². The van der Waals surface area contributed by atoms with Crippen molar-refractivity contribution in [2.75, 3.05) is 7.11 Å². The van der Waals surface area contributed by atoms with Crippen molar-refractivity contribution in [2.45, 2.75) is 12.8 Å². The van der Waals surface area contributed by atoms with E-state index in [1.807, 2.05) is 0 Å². The number of fused-ring (bicyclic) bond motifs is 1. The summed E-state index contributed by atoms with van der Waals surface area (Å²) in [6.45, 7) is 0. The Kier molecular flexibility index (Phi) is 3.18. The highest BCUT2D eigenvalue weighted by molar-refractivity contribution is 5.99. The SMILES string of the molecule is COC(=O)CCC(=O)c1ccc2nc[nH]c2c1. The number of methoxy groups -OCH3 is 1. The lowest BCUT2D eigenvalue weighted by Crippen LogP contribution is -2.05. The molecular formula is C12H12N2O3. The molecule has 0 atom stereocenters. The zero-order chi connectivity index (χ0) is 12.3. The second-order valence-electron chi connectivity index (χ2n) is 3.63. The van der Waals surface area contributed by atoms with Gasteiger partial charge in [-0.1, -0.05) is 0 Å². The van der Waals surface area contributed by atoms with Gasteiger partial charge in [0.05, 0.1) is 30.9 Å². The van der Waals surface area contributed by atoms with E-state index in [9.17, 15) is 9.59 Å². The van der Waals surface area contributed by atoms with Crippen LogP contribution in [0, 0.1) is 0 Å². The zero-order valence-electron chi connectivity index (χ0n) is 9.40. The molecule has 0 aliphatic heterocycles. The van der Waals surface area contributed by atoms with Crippen molar-refractivity contribution in [1.29, 1.82) is 0 Å². The first-order chi connectivity index (χ1) is 8.20. The van der Waals surface area contributed by atoms with E-state index in [0.717, 1.165) is 11.0 Å². The fraction of sp³-hybridized carbons (Fsp3) is 0.250. The maximum Gasteiger partial charge on any atom is 0.305 e. The van der Waals surface area contributed by atoms with E-state index >= 15 is 0 Å². The van der Waals surface area contributed by atoms with Crippen molar-refractivity contribution >= 4 is 22.8 Å². The monoisotopic (exact) mass is 232 g/mol. The van der Waals surface area contributed by atoms with Gasteiger partial charge in [0.25, 0.3) is 0 Å². The number of esters is 1. The molecule has 5 heteroatoms. The number of hydrogen-bond acceptors (Lipinski definition) is 4. The van der Waals surface area contributed by atoms with Gasteiger partial charge in [-0.3, -0.25) is 9.59 Å². The summed E-state index contributed by atoms with van der Waals surface area (Å²) in [5, 5.41) is 0. The minimum absolute atomic E-state index is 0.0769. The molecule has 0 amide bonds. The molecule has 0 saturated heterocycles. The van der Waals surface area contributed by atoms with Crippen molar-refractivity contribution in [1.82, 2.24) is 9.97 Å². The average molecular weight is 232 g/mol. The van der Waals surface area contributed by atoms with Gasteiger partial charge >= 0.3 is 5.97 Å². The molecule has 1 aromatic heterocycles. The molecule has 0 aliphatic carbocycles. The Morgan fingerprint density at radius 3 is 2.94 bits per heavy atom. The maximum atomic E-state index is 11.8. The summed E-state index contributed by atoms with van der Waals surface area (Å²) in [5.41, 5.74) is 2.20. The van der Waals surface area contributed by atoms with Crippen LogP contribution in [0.5, 0.6) is 0 Å². The van der Waals surface area contributed by atoms with E-state index in [4.69, 9.17) is 0 Å². The predicted molar refractivity (Wildman–Crippen MR) is 61.7 cm³/mol. The Labute approximate surface area is 97.8 Å². The summed E-state index contributed by atoms with van der Waals surface area (Å²) in [5.74, 6) is -0.451. The maximum absolute atomic E-state index is 11.8. The normalized spacial score (nSPS) is 10.4. The molecular weight excluding hydrogens is 220 g/mol. The molecule has 2 aromatic rings. The Bertz CT molecular complexity index is 560. The number of Topliss-reactive ketones (excluding diaryl/α,β-unsaturated/α-hetero) is 1. The highest BCUT2D eigenvalue weighted by atomic mass is 16.5. The number of carbonyl (C=O) groups excluding carboxylic acids is 2. The average Bonchev–Trinajstić information content (AvgIpc) is 2.82. The van der Waals surface area contributed by atoms with Crippen LogP contribution in [0.25, 0.3) is 11.0 Å². The summed E-state index contributed by atoms with van der Waals surface area (Å²) < 4.78 is 4.49. The van der Waals surface area contributed by atoms with Crippen molar-refractivity contribution in [3.05, 3.63) is 30.1 Å². The number of ether oxygens (including phenoxy) is 1. The first-order valence-corrected chi connectivity index (χ1v) is 5.24. The molecule has 1 aromatic carbocycles. The molecule has 88 valence electrons. The van der Waals surface area contributed by atoms with Gasteiger partial charge in [-0.15, -0.1) is 0 Å². The summed E-state index contributed by atoms with van der Waals surface area (Å²) >= 11 is 0. The number of rotatable bonds is 4. The molecule has 0 unspecified atom stereocenters. The molecule has 0 spiro atoms. The molecule has 1 heterocycles. The predicted octanol–water partition coefficient (Wildman–Crippen LogP) is 1.70. The Balaban J connectivity index is 2.10. The number of aromatic amines is 1. The number of hydrogen-bond donors (Lipinski definition) is 1. The van der Waals surface area contributed by atoms with Gasteiger partial charge in [0, 0.05) is 12.0 Å². The second kappa shape index (κ2) is 4.78. The number of carbonyl (C=O) groups is 2.